The normalized spacial score (nSPS) is 17.8. The first-order chi connectivity index (χ1) is 14.5. The van der Waals surface area contributed by atoms with Crippen molar-refractivity contribution in [1.29, 1.82) is 0 Å². The van der Waals surface area contributed by atoms with Crippen LogP contribution in [0.25, 0.3) is 0 Å². The third-order valence-electron chi connectivity index (χ3n) is 5.12. The van der Waals surface area contributed by atoms with Gasteiger partial charge in [0.25, 0.3) is 0 Å². The van der Waals surface area contributed by atoms with Gasteiger partial charge in [0.2, 0.25) is 0 Å². The van der Waals surface area contributed by atoms with Crippen LogP contribution in [0.4, 0.5) is 13.2 Å². The Morgan fingerprint density at radius 3 is 2.60 bits per heavy atom. The van der Waals surface area contributed by atoms with Gasteiger partial charge in [-0.25, -0.2) is 0 Å². The van der Waals surface area contributed by atoms with Crippen LogP contribution in [0, 0.1) is 0 Å². The fraction of sp³-hybridized carbons (Fsp3) is 0.304. The van der Waals surface area contributed by atoms with Crippen molar-refractivity contribution in [2.75, 3.05) is 19.7 Å². The van der Waals surface area contributed by atoms with Gasteiger partial charge < -0.3 is 4.74 Å². The first-order valence-electron chi connectivity index (χ1n) is 9.81. The minimum atomic E-state index is -4.34. The molecule has 3 aromatic rings. The topological polar surface area (TPSA) is 38.2 Å². The molecule has 156 valence electrons. The average molecular weight is 413 g/mol. The molecular weight excluding hydrogens is 391 g/mol. The van der Waals surface area contributed by atoms with E-state index in [0.717, 1.165) is 42.5 Å². The van der Waals surface area contributed by atoms with Crippen LogP contribution in [-0.2, 0) is 23.9 Å². The zero-order valence-corrected chi connectivity index (χ0v) is 16.3. The molecule has 0 spiro atoms. The smallest absolute Gasteiger partial charge is 0.369 e. The summed E-state index contributed by atoms with van der Waals surface area (Å²) in [6.07, 6.45) is 1.28. The molecule has 0 bridgehead atoms. The van der Waals surface area contributed by atoms with Crippen molar-refractivity contribution in [2.24, 2.45) is 0 Å². The first kappa shape index (κ1) is 20.5. The summed E-state index contributed by atoms with van der Waals surface area (Å²) in [7, 11) is 0. The van der Waals surface area contributed by atoms with Gasteiger partial charge in [-0.1, -0.05) is 30.3 Å². The van der Waals surface area contributed by atoms with Gasteiger partial charge >= 0.3 is 6.18 Å². The van der Waals surface area contributed by atoms with Gasteiger partial charge in [0, 0.05) is 38.2 Å². The summed E-state index contributed by atoms with van der Waals surface area (Å²) >= 11 is 0. The lowest BCUT2D eigenvalue weighted by atomic mass is 10.0. The summed E-state index contributed by atoms with van der Waals surface area (Å²) in [5.74, 6) is 0. The van der Waals surface area contributed by atoms with Gasteiger partial charge in [-0.2, -0.15) is 13.2 Å². The fourth-order valence-electron chi connectivity index (χ4n) is 3.60. The molecule has 1 unspecified atom stereocenters. The Morgan fingerprint density at radius 1 is 1.00 bits per heavy atom. The van der Waals surface area contributed by atoms with Crippen molar-refractivity contribution in [1.82, 2.24) is 14.9 Å². The molecule has 1 saturated heterocycles. The Labute approximate surface area is 173 Å². The maximum Gasteiger partial charge on any atom is 0.416 e. The minimum absolute atomic E-state index is 0.127. The monoisotopic (exact) mass is 413 g/mol. The second-order valence-electron chi connectivity index (χ2n) is 7.42. The maximum atomic E-state index is 12.9. The van der Waals surface area contributed by atoms with Crippen molar-refractivity contribution in [3.8, 4) is 0 Å². The first-order valence-corrected chi connectivity index (χ1v) is 9.81. The third kappa shape index (κ3) is 5.23. The Kier molecular flexibility index (Phi) is 6.11. The number of rotatable bonds is 5. The van der Waals surface area contributed by atoms with Crippen LogP contribution < -0.4 is 0 Å². The van der Waals surface area contributed by atoms with E-state index in [1.54, 1.807) is 18.5 Å². The van der Waals surface area contributed by atoms with E-state index >= 15 is 0 Å². The number of hydrogen-bond acceptors (Lipinski definition) is 4. The highest BCUT2D eigenvalue weighted by molar-refractivity contribution is 5.30. The van der Waals surface area contributed by atoms with Gasteiger partial charge in [-0.05, 0) is 41.3 Å². The van der Waals surface area contributed by atoms with E-state index in [2.05, 4.69) is 20.9 Å². The molecule has 3 heterocycles. The molecule has 0 aliphatic carbocycles. The van der Waals surface area contributed by atoms with E-state index in [4.69, 9.17) is 4.74 Å². The molecule has 2 aromatic heterocycles. The molecule has 1 fully saturated rings. The van der Waals surface area contributed by atoms with Crippen LogP contribution in [-0.4, -0.2) is 34.6 Å². The van der Waals surface area contributed by atoms with Gasteiger partial charge in [0.1, 0.15) is 6.10 Å². The predicted molar refractivity (Wildman–Crippen MR) is 107 cm³/mol. The lowest BCUT2D eigenvalue weighted by Crippen LogP contribution is -2.38. The second-order valence-corrected chi connectivity index (χ2v) is 7.42. The summed E-state index contributed by atoms with van der Waals surface area (Å²) in [5.41, 5.74) is 2.83. The van der Waals surface area contributed by atoms with Gasteiger partial charge in [-0.15, -0.1) is 0 Å². The van der Waals surface area contributed by atoms with Crippen molar-refractivity contribution < 1.29 is 17.9 Å². The second kappa shape index (κ2) is 8.93. The molecule has 4 nitrogen and oxygen atoms in total. The Morgan fingerprint density at radius 2 is 1.87 bits per heavy atom. The number of aromatic nitrogens is 2. The van der Waals surface area contributed by atoms with E-state index in [1.807, 2.05) is 24.4 Å². The lowest BCUT2D eigenvalue weighted by Gasteiger charge is -2.32. The van der Waals surface area contributed by atoms with Crippen molar-refractivity contribution in [3.63, 3.8) is 0 Å². The van der Waals surface area contributed by atoms with Crippen LogP contribution in [0.1, 0.15) is 34.1 Å². The minimum Gasteiger partial charge on any atom is -0.369 e. The molecule has 1 aliphatic rings. The molecule has 1 atom stereocenters. The molecule has 4 rings (SSSR count). The van der Waals surface area contributed by atoms with Crippen LogP contribution in [0.5, 0.6) is 0 Å². The molecule has 7 heteroatoms. The van der Waals surface area contributed by atoms with E-state index in [-0.39, 0.29) is 6.10 Å². The third-order valence-corrected chi connectivity index (χ3v) is 5.12. The molecule has 0 N–H and O–H groups in total. The molecule has 1 aromatic carbocycles. The fourth-order valence-corrected chi connectivity index (χ4v) is 3.60. The SMILES string of the molecule is FC(F)(F)c1cccc(Cc2ccc(C3CN(Cc4cccnc4)CCO3)nc2)c1. The standard InChI is InChI=1S/C23H22F3N3O/c24-23(25,26)20-5-1-3-17(12-20)11-18-6-7-21(28-14-18)22-16-29(9-10-30-22)15-19-4-2-8-27-13-19/h1-8,12-14,22H,9-11,15-16H2. The highest BCUT2D eigenvalue weighted by Gasteiger charge is 2.30. The van der Waals surface area contributed by atoms with Crippen molar-refractivity contribution >= 4 is 0 Å². The molecule has 30 heavy (non-hydrogen) atoms. The lowest BCUT2D eigenvalue weighted by molar-refractivity contribution is -0.137. The molecule has 1 aliphatic heterocycles. The Balaban J connectivity index is 1.39. The van der Waals surface area contributed by atoms with Gasteiger partial charge in [0.05, 0.1) is 17.9 Å². The molecule has 0 saturated carbocycles. The zero-order valence-electron chi connectivity index (χ0n) is 16.3. The number of morpholine rings is 1. The van der Waals surface area contributed by atoms with Gasteiger partial charge in [0.15, 0.2) is 0 Å². The Hall–Kier alpha value is -2.77. The van der Waals surface area contributed by atoms with Crippen molar-refractivity contribution in [3.05, 3.63) is 95.1 Å². The summed E-state index contributed by atoms with van der Waals surface area (Å²) in [4.78, 5) is 11.0. The number of pyridine rings is 2. The van der Waals surface area contributed by atoms with Crippen LogP contribution >= 0.6 is 0 Å². The van der Waals surface area contributed by atoms with E-state index < -0.39 is 11.7 Å². The summed E-state index contributed by atoms with van der Waals surface area (Å²) in [6.45, 7) is 3.01. The highest BCUT2D eigenvalue weighted by Crippen LogP contribution is 2.30. The summed E-state index contributed by atoms with van der Waals surface area (Å²) in [5, 5.41) is 0. The predicted octanol–water partition coefficient (Wildman–Crippen LogP) is 4.66. The van der Waals surface area contributed by atoms with Crippen LogP contribution in [0.2, 0.25) is 0 Å². The number of ether oxygens (including phenoxy) is 1. The molecule has 0 radical (unpaired) electrons. The summed E-state index contributed by atoms with van der Waals surface area (Å²) in [6, 6.07) is 13.2. The average Bonchev–Trinajstić information content (AvgIpc) is 2.75. The van der Waals surface area contributed by atoms with E-state index in [9.17, 15) is 13.2 Å². The number of hydrogen-bond donors (Lipinski definition) is 0. The Bertz CT molecular complexity index is 961. The molecule has 0 amide bonds. The van der Waals surface area contributed by atoms with Crippen molar-refractivity contribution in [2.45, 2.75) is 25.2 Å². The van der Waals surface area contributed by atoms with Crippen LogP contribution in [0.3, 0.4) is 0 Å². The number of halogens is 3. The number of nitrogens with zero attached hydrogens (tertiary/aromatic N) is 3. The summed E-state index contributed by atoms with van der Waals surface area (Å²) < 4.78 is 44.6. The van der Waals surface area contributed by atoms with Crippen LogP contribution in [0.15, 0.2) is 67.1 Å². The van der Waals surface area contributed by atoms with E-state index in [1.165, 1.54) is 12.1 Å². The van der Waals surface area contributed by atoms with E-state index in [0.29, 0.717) is 18.6 Å². The molecular formula is C23H22F3N3O. The quantitative estimate of drug-likeness (QED) is 0.610. The number of alkyl halides is 3. The van der Waals surface area contributed by atoms with Gasteiger partial charge in [-0.3, -0.25) is 14.9 Å². The number of benzene rings is 1. The zero-order chi connectivity index (χ0) is 21.0. The highest BCUT2D eigenvalue weighted by atomic mass is 19.4. The largest absolute Gasteiger partial charge is 0.416 e. The maximum absolute atomic E-state index is 12.9.